The maximum atomic E-state index is 15.5. The predicted octanol–water partition coefficient (Wildman–Crippen LogP) is 6.29. The molecule has 14 heteroatoms. The Balaban J connectivity index is 0.00000119. The molecule has 0 aliphatic carbocycles. The Kier molecular flexibility index (Phi) is 12.2. The molecule has 1 amide bonds. The molecule has 2 N–H and O–H groups in total. The van der Waals surface area contributed by atoms with Gasteiger partial charge < -0.3 is 20.3 Å². The second-order valence-electron chi connectivity index (χ2n) is 9.81. The molecule has 2 aromatic rings. The number of alkyl halides is 6. The number of benzene rings is 2. The second-order valence-corrected chi connectivity index (χ2v) is 9.81. The van der Waals surface area contributed by atoms with E-state index < -0.39 is 30.0 Å². The lowest BCUT2D eigenvalue weighted by Crippen LogP contribution is -2.55. The van der Waals surface area contributed by atoms with E-state index >= 15 is 4.39 Å². The molecule has 0 spiro atoms. The number of piperazine rings is 1. The average Bonchev–Trinajstić information content (AvgIpc) is 2.88. The maximum Gasteiger partial charge on any atom is 0.573 e. The Hall–Kier alpha value is -4.07. The fourth-order valence-corrected chi connectivity index (χ4v) is 4.27. The van der Waals surface area contributed by atoms with Crippen molar-refractivity contribution in [1.82, 2.24) is 10.2 Å². The van der Waals surface area contributed by atoms with Gasteiger partial charge in [0.05, 0.1) is 16.9 Å². The zero-order valence-electron chi connectivity index (χ0n) is 24.1. The molecule has 7 nitrogen and oxygen atoms in total. The third kappa shape index (κ3) is 11.3. The summed E-state index contributed by atoms with van der Waals surface area (Å²) in [5.74, 6) is -1.58. The highest BCUT2D eigenvalue weighted by atomic mass is 19.4. The molecule has 0 saturated carbocycles. The topological polar surface area (TPSA) is 73.9 Å². The zero-order valence-corrected chi connectivity index (χ0v) is 24.1. The molecule has 0 bridgehead atoms. The molecular formula is C29H33F7N4O3. The van der Waals surface area contributed by atoms with Crippen molar-refractivity contribution < 1.29 is 45.1 Å². The lowest BCUT2D eigenvalue weighted by atomic mass is 10.0. The van der Waals surface area contributed by atoms with Crippen molar-refractivity contribution in [2.45, 2.75) is 45.4 Å². The lowest BCUT2D eigenvalue weighted by molar-refractivity contribution is -0.274. The van der Waals surface area contributed by atoms with E-state index in [1.807, 2.05) is 25.8 Å². The summed E-state index contributed by atoms with van der Waals surface area (Å²) in [5.41, 5.74) is 1.32. The maximum absolute atomic E-state index is 15.5. The minimum Gasteiger partial charge on any atom is -0.406 e. The van der Waals surface area contributed by atoms with Crippen LogP contribution in [0.15, 0.2) is 60.3 Å². The SMILES string of the molecule is CC(F)(F)F.CN/C=C(\C=C/C=O)C(=O)Nc1cc(-c2ccc(OC(F)(F)F)cc2)c(F)cc1N1CC(C)N(C)C(C)C1. The number of nitrogens with zero attached hydrogens (tertiary/aromatic N) is 2. The zero-order chi connectivity index (χ0) is 32.5. The highest BCUT2D eigenvalue weighted by molar-refractivity contribution is 6.08. The van der Waals surface area contributed by atoms with Gasteiger partial charge in [-0.25, -0.2) is 4.39 Å². The van der Waals surface area contributed by atoms with Gasteiger partial charge in [0.1, 0.15) is 17.9 Å². The smallest absolute Gasteiger partial charge is 0.406 e. The van der Waals surface area contributed by atoms with Gasteiger partial charge in [0.25, 0.3) is 5.91 Å². The summed E-state index contributed by atoms with van der Waals surface area (Å²) in [5, 5.41) is 5.56. The standard InChI is InChI=1S/C27H30F4N4O3.C2H3F3/c1-17-15-35(16-18(2)34(17)4)25-13-23(28)22(19-7-9-21(10-8-19)38-27(29,30)31)12-24(25)33-26(37)20(14-32-3)6-5-11-36;1-2(3,4)5/h5-14,17-18,32H,15-16H2,1-4H3,(H,33,37);1H3/b6-5-,20-14+;. The molecule has 236 valence electrons. The van der Waals surface area contributed by atoms with E-state index in [0.29, 0.717) is 36.3 Å². The fraction of sp³-hybridized carbons (Fsp3) is 0.379. The first-order valence-electron chi connectivity index (χ1n) is 13.0. The van der Waals surface area contributed by atoms with Crippen molar-refractivity contribution >= 4 is 23.6 Å². The molecule has 0 radical (unpaired) electrons. The first-order chi connectivity index (χ1) is 19.9. The van der Waals surface area contributed by atoms with Crippen molar-refractivity contribution in [3.8, 4) is 16.9 Å². The summed E-state index contributed by atoms with van der Waals surface area (Å²) in [6.07, 6.45) is -4.38. The Morgan fingerprint density at radius 2 is 1.58 bits per heavy atom. The van der Waals surface area contributed by atoms with Crippen LogP contribution in [0.2, 0.25) is 0 Å². The minimum absolute atomic E-state index is 0.0837. The number of nitrogens with one attached hydrogen (secondary N) is 2. The van der Waals surface area contributed by atoms with Gasteiger partial charge in [-0.3, -0.25) is 14.5 Å². The second kappa shape index (κ2) is 14.9. The van der Waals surface area contributed by atoms with E-state index in [4.69, 9.17) is 0 Å². The molecule has 1 aliphatic heterocycles. The summed E-state index contributed by atoms with van der Waals surface area (Å²) in [7, 11) is 3.61. The molecule has 1 fully saturated rings. The molecule has 3 rings (SSSR count). The fourth-order valence-electron chi connectivity index (χ4n) is 4.27. The minimum atomic E-state index is -4.85. The highest BCUT2D eigenvalue weighted by Gasteiger charge is 2.31. The van der Waals surface area contributed by atoms with Gasteiger partial charge in [-0.1, -0.05) is 12.1 Å². The van der Waals surface area contributed by atoms with Crippen molar-refractivity contribution in [3.63, 3.8) is 0 Å². The van der Waals surface area contributed by atoms with Crippen LogP contribution in [-0.4, -0.2) is 68.9 Å². The quantitative estimate of drug-likeness (QED) is 0.157. The van der Waals surface area contributed by atoms with Crippen LogP contribution in [0, 0.1) is 5.82 Å². The number of hydrogen-bond donors (Lipinski definition) is 2. The first-order valence-corrected chi connectivity index (χ1v) is 13.0. The summed E-state index contributed by atoms with van der Waals surface area (Å²) >= 11 is 0. The summed E-state index contributed by atoms with van der Waals surface area (Å²) in [6.45, 7) is 5.45. The number of carbonyl (C=O) groups excluding carboxylic acids is 2. The third-order valence-corrected chi connectivity index (χ3v) is 6.35. The van der Waals surface area contributed by atoms with E-state index in [0.717, 1.165) is 12.1 Å². The average molecular weight is 619 g/mol. The van der Waals surface area contributed by atoms with Gasteiger partial charge in [0.15, 0.2) is 0 Å². The number of hydrogen-bond acceptors (Lipinski definition) is 6. The Labute approximate surface area is 245 Å². The molecule has 2 atom stereocenters. The van der Waals surface area contributed by atoms with Crippen LogP contribution >= 0.6 is 0 Å². The van der Waals surface area contributed by atoms with Crippen LogP contribution in [-0.2, 0) is 9.59 Å². The van der Waals surface area contributed by atoms with Gasteiger partial charge in [-0.05, 0) is 62.9 Å². The van der Waals surface area contributed by atoms with E-state index in [1.54, 1.807) is 7.05 Å². The van der Waals surface area contributed by atoms with Gasteiger partial charge in [-0.2, -0.15) is 13.2 Å². The van der Waals surface area contributed by atoms with E-state index in [-0.39, 0.29) is 30.1 Å². The van der Waals surface area contributed by atoms with Crippen LogP contribution in [0.4, 0.5) is 42.1 Å². The number of likely N-dealkylation sites (N-methyl/N-ethyl adjacent to an activating group) is 1. The van der Waals surface area contributed by atoms with Gasteiger partial charge in [0, 0.05) is 50.9 Å². The molecule has 2 aromatic carbocycles. The molecule has 1 saturated heterocycles. The molecule has 2 unspecified atom stereocenters. The number of carbonyl (C=O) groups is 2. The lowest BCUT2D eigenvalue weighted by Gasteiger charge is -2.44. The van der Waals surface area contributed by atoms with Crippen molar-refractivity contribution in [2.24, 2.45) is 0 Å². The van der Waals surface area contributed by atoms with Gasteiger partial charge in [-0.15, -0.1) is 13.2 Å². The van der Waals surface area contributed by atoms with E-state index in [1.165, 1.54) is 42.6 Å². The van der Waals surface area contributed by atoms with Crippen LogP contribution in [0.1, 0.15) is 20.8 Å². The molecule has 0 aromatic heterocycles. The number of anilines is 2. The summed E-state index contributed by atoms with van der Waals surface area (Å²) in [4.78, 5) is 28.1. The Morgan fingerprint density at radius 1 is 1.02 bits per heavy atom. The van der Waals surface area contributed by atoms with Crippen molar-refractivity contribution in [1.29, 1.82) is 0 Å². The van der Waals surface area contributed by atoms with Crippen LogP contribution in [0.3, 0.4) is 0 Å². The van der Waals surface area contributed by atoms with E-state index in [9.17, 15) is 35.9 Å². The number of ether oxygens (including phenoxy) is 1. The Bertz CT molecular complexity index is 1290. The van der Waals surface area contributed by atoms with Crippen LogP contribution < -0.4 is 20.3 Å². The van der Waals surface area contributed by atoms with E-state index in [2.05, 4.69) is 20.3 Å². The predicted molar refractivity (Wildman–Crippen MR) is 150 cm³/mol. The van der Waals surface area contributed by atoms with Crippen LogP contribution in [0.5, 0.6) is 5.75 Å². The van der Waals surface area contributed by atoms with Gasteiger partial charge in [0.2, 0.25) is 0 Å². The molecular weight excluding hydrogens is 585 g/mol. The molecule has 1 aliphatic rings. The van der Waals surface area contributed by atoms with Gasteiger partial charge >= 0.3 is 12.5 Å². The normalized spacial score (nSPS) is 18.1. The number of rotatable bonds is 8. The summed E-state index contributed by atoms with van der Waals surface area (Å²) < 4.78 is 88.0. The number of allylic oxidation sites excluding steroid dienone is 1. The largest absolute Gasteiger partial charge is 0.573 e. The molecule has 1 heterocycles. The van der Waals surface area contributed by atoms with Crippen molar-refractivity contribution in [3.05, 3.63) is 66.1 Å². The number of amides is 1. The van der Waals surface area contributed by atoms with Crippen LogP contribution in [0.25, 0.3) is 11.1 Å². The third-order valence-electron chi connectivity index (χ3n) is 6.35. The molecule has 43 heavy (non-hydrogen) atoms. The number of aldehydes is 1. The monoisotopic (exact) mass is 618 g/mol. The summed E-state index contributed by atoms with van der Waals surface area (Å²) in [6, 6.07) is 7.89. The highest BCUT2D eigenvalue weighted by Crippen LogP contribution is 2.37. The van der Waals surface area contributed by atoms with Crippen molar-refractivity contribution in [2.75, 3.05) is 37.4 Å². The Morgan fingerprint density at radius 3 is 2.07 bits per heavy atom. The first kappa shape index (κ1) is 35.1. The number of halogens is 7.